The second-order valence-corrected chi connectivity index (χ2v) is 10.0. The van der Waals surface area contributed by atoms with Crippen LogP contribution in [0, 0.1) is 0 Å². The largest absolute Gasteiger partial charge is 0.477 e. The fourth-order valence-electron chi connectivity index (χ4n) is 4.42. The molecule has 4 rings (SSSR count). The van der Waals surface area contributed by atoms with Crippen LogP contribution in [0.2, 0.25) is 0 Å². The fourth-order valence-corrected chi connectivity index (χ4v) is 5.05. The predicted octanol–water partition coefficient (Wildman–Crippen LogP) is 5.18. The van der Waals surface area contributed by atoms with E-state index in [1.165, 1.54) is 22.3 Å². The van der Waals surface area contributed by atoms with Gasteiger partial charge in [0.15, 0.2) is 5.82 Å². The number of aliphatic carboxylic acids is 1. The molecule has 1 fully saturated rings. The number of carbonyl (C=O) groups is 3. The molecule has 2 aromatic heterocycles. The number of likely N-dealkylation sites (tertiary alicyclic amines) is 1. The summed E-state index contributed by atoms with van der Waals surface area (Å²) in [7, 11) is 0. The van der Waals surface area contributed by atoms with Crippen molar-refractivity contribution < 1.29 is 24.2 Å². The lowest BCUT2D eigenvalue weighted by Crippen LogP contribution is -2.32. The molecule has 2 N–H and O–H groups in total. The molecule has 0 radical (unpaired) electrons. The Morgan fingerprint density at radius 1 is 1.07 bits per heavy atom. The van der Waals surface area contributed by atoms with Crippen LogP contribution in [0.4, 0.5) is 22.2 Å². The molecule has 0 bridgehead atoms. The predicted molar refractivity (Wildman–Crippen MR) is 160 cm³/mol. The van der Waals surface area contributed by atoms with Crippen LogP contribution >= 0.6 is 11.3 Å². The minimum atomic E-state index is -1.21. The molecule has 0 aliphatic carbocycles. The summed E-state index contributed by atoms with van der Waals surface area (Å²) in [6, 6.07) is 8.30. The van der Waals surface area contributed by atoms with Crippen LogP contribution < -0.4 is 19.9 Å². The molecule has 2 amide bonds. The van der Waals surface area contributed by atoms with Crippen molar-refractivity contribution in [2.45, 2.75) is 33.6 Å². The number of aromatic nitrogens is 2. The summed E-state index contributed by atoms with van der Waals surface area (Å²) in [5.74, 6) is -0.477. The van der Waals surface area contributed by atoms with Crippen LogP contribution in [0.1, 0.15) is 49.5 Å². The van der Waals surface area contributed by atoms with Gasteiger partial charge in [0.2, 0.25) is 5.95 Å². The molecule has 3 aromatic rings. The smallest absolute Gasteiger partial charge is 0.415 e. The fraction of sp³-hybridized carbons (Fsp3) is 0.345. The molecule has 1 aliphatic heterocycles. The Labute approximate surface area is 243 Å². The summed E-state index contributed by atoms with van der Waals surface area (Å²) >= 11 is 1.42. The first kappa shape index (κ1) is 29.5. The van der Waals surface area contributed by atoms with Gasteiger partial charge in [0.1, 0.15) is 17.1 Å². The number of rotatable bonds is 11. The van der Waals surface area contributed by atoms with Gasteiger partial charge < -0.3 is 29.9 Å². The summed E-state index contributed by atoms with van der Waals surface area (Å²) in [6.45, 7) is 8.76. The molecule has 12 heteroatoms. The number of hydrogen-bond acceptors (Lipinski definition) is 9. The summed E-state index contributed by atoms with van der Waals surface area (Å²) in [6.07, 6.45) is 4.53. The maximum Gasteiger partial charge on any atom is 0.415 e. The van der Waals surface area contributed by atoms with Gasteiger partial charge in [-0.2, -0.15) is 16.3 Å². The van der Waals surface area contributed by atoms with Crippen molar-refractivity contribution in [3.8, 4) is 5.75 Å². The van der Waals surface area contributed by atoms with E-state index in [-0.39, 0.29) is 17.4 Å². The summed E-state index contributed by atoms with van der Waals surface area (Å²) in [5, 5.41) is 16.6. The van der Waals surface area contributed by atoms with E-state index in [1.807, 2.05) is 31.1 Å². The van der Waals surface area contributed by atoms with Crippen molar-refractivity contribution in [2.24, 2.45) is 0 Å². The van der Waals surface area contributed by atoms with E-state index in [0.29, 0.717) is 61.2 Å². The highest BCUT2D eigenvalue weighted by atomic mass is 32.1. The van der Waals surface area contributed by atoms with Gasteiger partial charge in [-0.05, 0) is 68.8 Å². The third-order valence-corrected chi connectivity index (χ3v) is 7.35. The van der Waals surface area contributed by atoms with Gasteiger partial charge in [-0.15, -0.1) is 0 Å². The second-order valence-electron chi connectivity index (χ2n) is 9.26. The van der Waals surface area contributed by atoms with E-state index in [9.17, 15) is 19.5 Å². The molecule has 41 heavy (non-hydrogen) atoms. The Kier molecular flexibility index (Phi) is 9.91. The monoisotopic (exact) mass is 578 g/mol. The number of carboxylic acids is 1. The first-order valence-corrected chi connectivity index (χ1v) is 14.5. The summed E-state index contributed by atoms with van der Waals surface area (Å²) in [5.41, 5.74) is 1.29. The lowest BCUT2D eigenvalue weighted by atomic mass is 10.2. The number of benzene rings is 1. The SMILES string of the molecule is CCN(CC)c1ncc(N(CC)C(=O)c2ccsc2)c(N/C(=C/c2ccc(OC(=O)N3CCCC3)cc2)C(=O)O)n1. The molecular formula is C29H34N6O5S. The molecule has 0 unspecified atom stereocenters. The van der Waals surface area contributed by atoms with Gasteiger partial charge in [-0.1, -0.05) is 12.1 Å². The molecule has 0 atom stereocenters. The first-order valence-electron chi connectivity index (χ1n) is 13.6. The Bertz CT molecular complexity index is 1380. The van der Waals surface area contributed by atoms with Crippen LogP contribution in [0.25, 0.3) is 6.08 Å². The van der Waals surface area contributed by atoms with E-state index in [1.54, 1.807) is 46.8 Å². The van der Waals surface area contributed by atoms with Gasteiger partial charge in [-0.25, -0.2) is 14.6 Å². The zero-order chi connectivity index (χ0) is 29.4. The summed E-state index contributed by atoms with van der Waals surface area (Å²) < 4.78 is 5.44. The van der Waals surface area contributed by atoms with Crippen LogP contribution in [0.15, 0.2) is 53.0 Å². The number of anilines is 3. The Hall–Kier alpha value is -4.45. The quantitative estimate of drug-likeness (QED) is 0.296. The highest BCUT2D eigenvalue weighted by Crippen LogP contribution is 2.29. The molecule has 1 aromatic carbocycles. The number of ether oxygens (including phenoxy) is 1. The van der Waals surface area contributed by atoms with Crippen molar-refractivity contribution in [1.29, 1.82) is 0 Å². The number of nitrogens with one attached hydrogen (secondary N) is 1. The normalized spacial score (nSPS) is 13.1. The van der Waals surface area contributed by atoms with E-state index < -0.39 is 12.1 Å². The third kappa shape index (κ3) is 7.20. The number of hydrogen-bond donors (Lipinski definition) is 2. The Morgan fingerprint density at radius 2 is 1.78 bits per heavy atom. The number of carbonyl (C=O) groups excluding carboxylic acids is 2. The highest BCUT2D eigenvalue weighted by molar-refractivity contribution is 7.08. The van der Waals surface area contributed by atoms with E-state index in [4.69, 9.17) is 4.74 Å². The topological polar surface area (TPSA) is 128 Å². The van der Waals surface area contributed by atoms with Crippen molar-refractivity contribution >= 4 is 52.8 Å². The van der Waals surface area contributed by atoms with Crippen molar-refractivity contribution in [3.05, 3.63) is 64.1 Å². The zero-order valence-electron chi connectivity index (χ0n) is 23.4. The van der Waals surface area contributed by atoms with Gasteiger partial charge >= 0.3 is 12.1 Å². The molecule has 0 saturated carbocycles. The van der Waals surface area contributed by atoms with E-state index in [0.717, 1.165) is 12.8 Å². The maximum absolute atomic E-state index is 13.3. The minimum absolute atomic E-state index is 0.156. The minimum Gasteiger partial charge on any atom is -0.477 e. The third-order valence-electron chi connectivity index (χ3n) is 6.67. The molecule has 0 spiro atoms. The van der Waals surface area contributed by atoms with Crippen LogP contribution in [-0.4, -0.2) is 70.7 Å². The number of thiophene rings is 1. The van der Waals surface area contributed by atoms with Crippen LogP contribution in [0.3, 0.4) is 0 Å². The molecule has 1 aliphatic rings. The standard InChI is InChI=1S/C29H34N6O5S/c1-4-33(5-2)28-30-18-24(35(6-3)26(36)21-13-16-41-19-21)25(32-28)31-23(27(37)38)17-20-9-11-22(12-10-20)40-29(39)34-14-7-8-15-34/h9-13,16-19H,4-8,14-15H2,1-3H3,(H,37,38)(H,30,31,32)/b23-17+. The number of nitrogens with zero attached hydrogens (tertiary/aromatic N) is 5. The van der Waals surface area contributed by atoms with Crippen molar-refractivity contribution in [1.82, 2.24) is 14.9 Å². The second kappa shape index (κ2) is 13.8. The average molecular weight is 579 g/mol. The van der Waals surface area contributed by atoms with Crippen LogP contribution in [-0.2, 0) is 4.79 Å². The van der Waals surface area contributed by atoms with Gasteiger partial charge in [0.05, 0.1) is 11.8 Å². The lowest BCUT2D eigenvalue weighted by Gasteiger charge is -2.25. The number of amides is 2. The van der Waals surface area contributed by atoms with Gasteiger partial charge in [0, 0.05) is 38.1 Å². The molecular weight excluding hydrogens is 544 g/mol. The van der Waals surface area contributed by atoms with Gasteiger partial charge in [0.25, 0.3) is 5.91 Å². The van der Waals surface area contributed by atoms with Gasteiger partial charge in [-0.3, -0.25) is 4.79 Å². The van der Waals surface area contributed by atoms with Crippen LogP contribution in [0.5, 0.6) is 5.75 Å². The van der Waals surface area contributed by atoms with E-state index in [2.05, 4.69) is 15.3 Å². The molecule has 3 heterocycles. The molecule has 216 valence electrons. The zero-order valence-corrected chi connectivity index (χ0v) is 24.2. The first-order chi connectivity index (χ1) is 19.8. The highest BCUT2D eigenvalue weighted by Gasteiger charge is 2.24. The van der Waals surface area contributed by atoms with E-state index >= 15 is 0 Å². The van der Waals surface area contributed by atoms with Crippen molar-refractivity contribution in [3.63, 3.8) is 0 Å². The molecule has 11 nitrogen and oxygen atoms in total. The Balaban J connectivity index is 1.64. The average Bonchev–Trinajstić information content (AvgIpc) is 3.71. The number of carboxylic acid groups (broad SMARTS) is 1. The molecule has 1 saturated heterocycles. The maximum atomic E-state index is 13.3. The lowest BCUT2D eigenvalue weighted by molar-refractivity contribution is -0.132. The summed E-state index contributed by atoms with van der Waals surface area (Å²) in [4.78, 5) is 52.1. The Morgan fingerprint density at radius 3 is 2.37 bits per heavy atom. The van der Waals surface area contributed by atoms with Crippen molar-refractivity contribution in [2.75, 3.05) is 47.8 Å².